The second-order valence-electron chi connectivity index (χ2n) is 8.12. The number of halogens is 1. The fourth-order valence-corrected chi connectivity index (χ4v) is 6.36. The van der Waals surface area contributed by atoms with Crippen LogP contribution in [0, 0.1) is 5.82 Å². The molecule has 0 bridgehead atoms. The Bertz CT molecular complexity index is 1320. The Morgan fingerprint density at radius 3 is 2.45 bits per heavy atom. The monoisotopic (exact) mass is 470 g/mol. The van der Waals surface area contributed by atoms with Crippen molar-refractivity contribution in [1.29, 1.82) is 0 Å². The van der Waals surface area contributed by atoms with Crippen LogP contribution in [0.15, 0.2) is 59.5 Å². The first-order chi connectivity index (χ1) is 15.9. The van der Waals surface area contributed by atoms with Gasteiger partial charge in [0.05, 0.1) is 17.7 Å². The minimum Gasteiger partial charge on any atom is -0.495 e. The molecule has 33 heavy (non-hydrogen) atoms. The number of nitrogens with zero attached hydrogens (tertiary/aromatic N) is 2. The SMILES string of the molecule is COc1cccc2c1N(C1CCN(S(=O)(=O)c3ccc(F)c4ccccc34)CC1)C(=O)OC2. The van der Waals surface area contributed by atoms with E-state index in [1.807, 2.05) is 12.1 Å². The smallest absolute Gasteiger partial charge is 0.415 e. The van der Waals surface area contributed by atoms with E-state index in [9.17, 15) is 17.6 Å². The van der Waals surface area contributed by atoms with Crippen molar-refractivity contribution < 1.29 is 27.1 Å². The number of methoxy groups -OCH3 is 1. The Labute approximate surface area is 191 Å². The van der Waals surface area contributed by atoms with Crippen LogP contribution < -0.4 is 9.64 Å². The first kappa shape index (κ1) is 21.7. The van der Waals surface area contributed by atoms with Gasteiger partial charge in [-0.3, -0.25) is 4.90 Å². The molecular weight excluding hydrogens is 447 g/mol. The summed E-state index contributed by atoms with van der Waals surface area (Å²) in [4.78, 5) is 14.4. The van der Waals surface area contributed by atoms with E-state index in [0.717, 1.165) is 5.56 Å². The van der Waals surface area contributed by atoms with Gasteiger partial charge in [0.15, 0.2) is 0 Å². The average Bonchev–Trinajstić information content (AvgIpc) is 2.84. The van der Waals surface area contributed by atoms with Gasteiger partial charge in [-0.2, -0.15) is 4.31 Å². The van der Waals surface area contributed by atoms with Gasteiger partial charge in [0.25, 0.3) is 0 Å². The predicted octanol–water partition coefficient (Wildman–Crippen LogP) is 4.30. The van der Waals surface area contributed by atoms with Crippen LogP contribution in [0.4, 0.5) is 14.9 Å². The number of carbonyl (C=O) groups excluding carboxylic acids is 1. The van der Waals surface area contributed by atoms with Crippen LogP contribution in [0.1, 0.15) is 18.4 Å². The fourth-order valence-electron chi connectivity index (χ4n) is 4.69. The van der Waals surface area contributed by atoms with Gasteiger partial charge in [-0.05, 0) is 31.0 Å². The van der Waals surface area contributed by atoms with E-state index in [1.54, 1.807) is 42.3 Å². The van der Waals surface area contributed by atoms with E-state index in [2.05, 4.69) is 0 Å². The molecule has 0 radical (unpaired) electrons. The zero-order valence-electron chi connectivity index (χ0n) is 18.0. The molecule has 9 heteroatoms. The van der Waals surface area contributed by atoms with Crippen molar-refractivity contribution in [1.82, 2.24) is 4.31 Å². The molecule has 2 aliphatic heterocycles. The Balaban J connectivity index is 1.42. The second kappa shape index (κ2) is 8.31. The Morgan fingerprint density at radius 2 is 1.73 bits per heavy atom. The normalized spacial score (nSPS) is 17.6. The number of cyclic esters (lactones) is 1. The van der Waals surface area contributed by atoms with E-state index in [1.165, 1.54) is 16.4 Å². The van der Waals surface area contributed by atoms with Crippen LogP contribution in [0.5, 0.6) is 5.75 Å². The Morgan fingerprint density at radius 1 is 1.00 bits per heavy atom. The summed E-state index contributed by atoms with van der Waals surface area (Å²) >= 11 is 0. The molecule has 2 aliphatic rings. The van der Waals surface area contributed by atoms with Crippen LogP contribution in [0.3, 0.4) is 0 Å². The quantitative estimate of drug-likeness (QED) is 0.568. The van der Waals surface area contributed by atoms with Crippen LogP contribution >= 0.6 is 0 Å². The Kier molecular flexibility index (Phi) is 5.46. The van der Waals surface area contributed by atoms with E-state index in [4.69, 9.17) is 9.47 Å². The predicted molar refractivity (Wildman–Crippen MR) is 121 cm³/mol. The number of benzene rings is 3. The van der Waals surface area contributed by atoms with Gasteiger partial charge in [-0.15, -0.1) is 0 Å². The minimum atomic E-state index is -3.84. The van der Waals surface area contributed by atoms with Crippen LogP contribution in [0.25, 0.3) is 10.8 Å². The van der Waals surface area contributed by atoms with Gasteiger partial charge in [0, 0.05) is 35.5 Å². The minimum absolute atomic E-state index is 0.0855. The maximum absolute atomic E-state index is 14.2. The maximum atomic E-state index is 14.2. The van der Waals surface area contributed by atoms with Gasteiger partial charge < -0.3 is 9.47 Å². The molecule has 0 N–H and O–H groups in total. The number of rotatable bonds is 4. The molecule has 0 atom stereocenters. The highest BCUT2D eigenvalue weighted by molar-refractivity contribution is 7.89. The first-order valence-corrected chi connectivity index (χ1v) is 12.1. The number of hydrogen-bond acceptors (Lipinski definition) is 5. The van der Waals surface area contributed by atoms with Crippen molar-refractivity contribution in [3.63, 3.8) is 0 Å². The molecule has 3 aromatic rings. The summed E-state index contributed by atoms with van der Waals surface area (Å²) in [6.45, 7) is 0.632. The van der Waals surface area contributed by atoms with Crippen LogP contribution in [-0.2, 0) is 21.4 Å². The first-order valence-electron chi connectivity index (χ1n) is 10.7. The summed E-state index contributed by atoms with van der Waals surface area (Å²) in [5, 5.41) is 0.631. The molecule has 7 nitrogen and oxygen atoms in total. The number of sulfonamides is 1. The van der Waals surface area contributed by atoms with Crippen molar-refractivity contribution in [3.8, 4) is 5.75 Å². The molecule has 0 saturated carbocycles. The number of anilines is 1. The number of carbonyl (C=O) groups is 1. The third-order valence-electron chi connectivity index (χ3n) is 6.33. The number of hydrogen-bond donors (Lipinski definition) is 0. The van der Waals surface area contributed by atoms with Crippen LogP contribution in [-0.4, -0.2) is 45.1 Å². The van der Waals surface area contributed by atoms with Gasteiger partial charge in [0.2, 0.25) is 10.0 Å². The summed E-state index contributed by atoms with van der Waals surface area (Å²) in [5.74, 6) is 0.122. The van der Waals surface area contributed by atoms with Gasteiger partial charge in [-0.1, -0.05) is 36.4 Å². The zero-order chi connectivity index (χ0) is 23.2. The summed E-state index contributed by atoms with van der Waals surface area (Å²) in [7, 11) is -2.29. The van der Waals surface area contributed by atoms with Gasteiger partial charge in [0.1, 0.15) is 18.2 Å². The lowest BCUT2D eigenvalue weighted by Gasteiger charge is -2.40. The molecular formula is C24H23FN2O5S. The molecule has 0 unspecified atom stereocenters. The van der Waals surface area contributed by atoms with Crippen molar-refractivity contribution in [2.45, 2.75) is 30.4 Å². The second-order valence-corrected chi connectivity index (χ2v) is 10.0. The summed E-state index contributed by atoms with van der Waals surface area (Å²) in [6, 6.07) is 14.4. The molecule has 1 amide bonds. The van der Waals surface area contributed by atoms with Gasteiger partial charge >= 0.3 is 6.09 Å². The topological polar surface area (TPSA) is 76.2 Å². The number of fused-ring (bicyclic) bond motifs is 2. The largest absolute Gasteiger partial charge is 0.495 e. The lowest BCUT2D eigenvalue weighted by Crippen LogP contribution is -2.50. The zero-order valence-corrected chi connectivity index (χ0v) is 18.8. The molecule has 172 valence electrons. The van der Waals surface area contributed by atoms with E-state index >= 15 is 0 Å². The van der Waals surface area contributed by atoms with Crippen LogP contribution in [0.2, 0.25) is 0 Å². The third kappa shape index (κ3) is 3.61. The molecule has 0 spiro atoms. The number of para-hydroxylation sites is 1. The number of ether oxygens (including phenoxy) is 2. The summed E-state index contributed by atoms with van der Waals surface area (Å²) < 4.78 is 53.3. The maximum Gasteiger partial charge on any atom is 0.415 e. The lowest BCUT2D eigenvalue weighted by molar-refractivity contribution is 0.135. The molecule has 3 aromatic carbocycles. The Hall–Kier alpha value is -3.17. The molecule has 2 heterocycles. The molecule has 1 saturated heterocycles. The molecule has 0 aliphatic carbocycles. The van der Waals surface area contributed by atoms with E-state index in [-0.39, 0.29) is 36.0 Å². The standard InChI is InChI=1S/C24H23FN2O5S/c1-31-21-8-4-5-16-15-32-24(28)27(23(16)21)17-11-13-26(14-12-17)33(29,30)22-10-9-20(25)18-6-2-3-7-19(18)22/h2-10,17H,11-15H2,1H3. The molecule has 1 fully saturated rings. The van der Waals surface area contributed by atoms with Crippen molar-refractivity contribution in [3.05, 3.63) is 66.0 Å². The van der Waals surface area contributed by atoms with E-state index < -0.39 is 21.9 Å². The highest BCUT2D eigenvalue weighted by atomic mass is 32.2. The lowest BCUT2D eigenvalue weighted by atomic mass is 10.0. The third-order valence-corrected chi connectivity index (χ3v) is 8.29. The number of amides is 1. The van der Waals surface area contributed by atoms with Crippen molar-refractivity contribution in [2.24, 2.45) is 0 Å². The molecule has 0 aromatic heterocycles. The fraction of sp³-hybridized carbons (Fsp3) is 0.292. The van der Waals surface area contributed by atoms with Gasteiger partial charge in [-0.25, -0.2) is 17.6 Å². The van der Waals surface area contributed by atoms with Crippen molar-refractivity contribution >= 4 is 32.6 Å². The highest BCUT2D eigenvalue weighted by Crippen LogP contribution is 2.39. The molecule has 5 rings (SSSR count). The summed E-state index contributed by atoms with van der Waals surface area (Å²) in [5.41, 5.74) is 1.53. The van der Waals surface area contributed by atoms with E-state index in [0.29, 0.717) is 29.7 Å². The van der Waals surface area contributed by atoms with Crippen molar-refractivity contribution in [2.75, 3.05) is 25.1 Å². The summed E-state index contributed by atoms with van der Waals surface area (Å²) in [6.07, 6.45) is 0.411. The number of piperidine rings is 1. The highest BCUT2D eigenvalue weighted by Gasteiger charge is 2.38. The average molecular weight is 471 g/mol.